The molecule has 1 aliphatic heterocycles. The molecule has 0 aliphatic carbocycles. The second kappa shape index (κ2) is 8.18. The van der Waals surface area contributed by atoms with Crippen LogP contribution in [-0.2, 0) is 11.2 Å². The summed E-state index contributed by atoms with van der Waals surface area (Å²) in [6, 6.07) is 10.9. The van der Waals surface area contributed by atoms with E-state index >= 15 is 0 Å². The van der Waals surface area contributed by atoms with Crippen LogP contribution in [0, 0.1) is 0 Å². The first-order chi connectivity index (χ1) is 8.81. The molecule has 0 saturated carbocycles. The SMILES string of the molecule is Cl.NCCC(=O)N1CCCC1CCc1ccccc1. The van der Waals surface area contributed by atoms with E-state index in [-0.39, 0.29) is 18.3 Å². The highest BCUT2D eigenvalue weighted by Crippen LogP contribution is 2.22. The summed E-state index contributed by atoms with van der Waals surface area (Å²) >= 11 is 0. The predicted molar refractivity (Wildman–Crippen MR) is 80.4 cm³/mol. The van der Waals surface area contributed by atoms with Crippen molar-refractivity contribution in [3.05, 3.63) is 35.9 Å². The summed E-state index contributed by atoms with van der Waals surface area (Å²) in [5.41, 5.74) is 6.82. The Labute approximate surface area is 121 Å². The summed E-state index contributed by atoms with van der Waals surface area (Å²) < 4.78 is 0. The number of nitrogens with zero attached hydrogens (tertiary/aromatic N) is 1. The lowest BCUT2D eigenvalue weighted by Gasteiger charge is -2.24. The molecular formula is C15H23ClN2O. The Morgan fingerprint density at radius 1 is 1.32 bits per heavy atom. The minimum atomic E-state index is 0. The Morgan fingerprint density at radius 3 is 2.74 bits per heavy atom. The first kappa shape index (κ1) is 16.0. The zero-order valence-electron chi connectivity index (χ0n) is 11.3. The monoisotopic (exact) mass is 282 g/mol. The van der Waals surface area contributed by atoms with E-state index in [1.807, 2.05) is 11.0 Å². The maximum Gasteiger partial charge on any atom is 0.224 e. The summed E-state index contributed by atoms with van der Waals surface area (Å²) in [6.07, 6.45) is 4.89. The number of rotatable bonds is 5. The van der Waals surface area contributed by atoms with Crippen molar-refractivity contribution in [3.63, 3.8) is 0 Å². The third kappa shape index (κ3) is 4.51. The molecule has 3 nitrogen and oxygen atoms in total. The van der Waals surface area contributed by atoms with Crippen LogP contribution in [0.1, 0.15) is 31.2 Å². The summed E-state index contributed by atoms with van der Waals surface area (Å²) in [5, 5.41) is 0. The van der Waals surface area contributed by atoms with E-state index < -0.39 is 0 Å². The number of benzene rings is 1. The second-order valence-electron chi connectivity index (χ2n) is 4.95. The number of halogens is 1. The zero-order chi connectivity index (χ0) is 12.8. The van der Waals surface area contributed by atoms with Gasteiger partial charge in [0, 0.05) is 25.6 Å². The Balaban J connectivity index is 0.00000180. The van der Waals surface area contributed by atoms with Crippen molar-refractivity contribution >= 4 is 18.3 Å². The minimum absolute atomic E-state index is 0. The number of likely N-dealkylation sites (tertiary alicyclic amines) is 1. The lowest BCUT2D eigenvalue weighted by atomic mass is 10.0. The molecule has 1 atom stereocenters. The van der Waals surface area contributed by atoms with Gasteiger partial charge in [-0.25, -0.2) is 0 Å². The summed E-state index contributed by atoms with van der Waals surface area (Å²) in [7, 11) is 0. The van der Waals surface area contributed by atoms with Crippen LogP contribution >= 0.6 is 12.4 Å². The van der Waals surface area contributed by atoms with E-state index in [0.717, 1.165) is 32.2 Å². The molecule has 1 aromatic rings. The van der Waals surface area contributed by atoms with Crippen molar-refractivity contribution < 1.29 is 4.79 Å². The van der Waals surface area contributed by atoms with E-state index in [4.69, 9.17) is 5.73 Å². The zero-order valence-corrected chi connectivity index (χ0v) is 12.1. The van der Waals surface area contributed by atoms with Gasteiger partial charge in [-0.1, -0.05) is 30.3 Å². The first-order valence-corrected chi connectivity index (χ1v) is 6.84. The van der Waals surface area contributed by atoms with Crippen molar-refractivity contribution in [2.45, 2.75) is 38.1 Å². The van der Waals surface area contributed by atoms with E-state index in [1.54, 1.807) is 0 Å². The van der Waals surface area contributed by atoms with E-state index in [0.29, 0.717) is 19.0 Å². The molecule has 1 aromatic carbocycles. The topological polar surface area (TPSA) is 46.3 Å². The van der Waals surface area contributed by atoms with Gasteiger partial charge in [0.2, 0.25) is 5.91 Å². The van der Waals surface area contributed by atoms with Gasteiger partial charge in [0.25, 0.3) is 0 Å². The van der Waals surface area contributed by atoms with Crippen LogP contribution < -0.4 is 5.73 Å². The maximum atomic E-state index is 11.9. The fourth-order valence-electron chi connectivity index (χ4n) is 2.71. The number of amides is 1. The molecule has 2 N–H and O–H groups in total. The van der Waals surface area contributed by atoms with Gasteiger partial charge in [0.05, 0.1) is 0 Å². The fraction of sp³-hybridized carbons (Fsp3) is 0.533. The van der Waals surface area contributed by atoms with Crippen molar-refractivity contribution in [1.29, 1.82) is 0 Å². The second-order valence-corrected chi connectivity index (χ2v) is 4.95. The molecule has 4 heteroatoms. The Bertz CT molecular complexity index is 383. The van der Waals surface area contributed by atoms with E-state index in [1.165, 1.54) is 5.56 Å². The molecular weight excluding hydrogens is 260 g/mol. The number of nitrogens with two attached hydrogens (primary N) is 1. The predicted octanol–water partition coefficient (Wildman–Crippen LogP) is 2.38. The quantitative estimate of drug-likeness (QED) is 0.901. The van der Waals surface area contributed by atoms with Crippen molar-refractivity contribution in [3.8, 4) is 0 Å². The number of carbonyl (C=O) groups excluding carboxylic acids is 1. The number of hydrogen-bond acceptors (Lipinski definition) is 2. The molecule has 0 aromatic heterocycles. The van der Waals surface area contributed by atoms with E-state index in [9.17, 15) is 4.79 Å². The smallest absolute Gasteiger partial charge is 0.224 e. The van der Waals surface area contributed by atoms with Gasteiger partial charge in [-0.15, -0.1) is 12.4 Å². The van der Waals surface area contributed by atoms with Gasteiger partial charge < -0.3 is 10.6 Å². The third-order valence-electron chi connectivity index (χ3n) is 3.66. The lowest BCUT2D eigenvalue weighted by Crippen LogP contribution is -2.36. The van der Waals surface area contributed by atoms with Crippen LogP contribution in [0.4, 0.5) is 0 Å². The molecule has 0 bridgehead atoms. The lowest BCUT2D eigenvalue weighted by molar-refractivity contribution is -0.131. The molecule has 0 radical (unpaired) electrons. The van der Waals surface area contributed by atoms with Crippen LogP contribution in [-0.4, -0.2) is 29.9 Å². The number of aryl methyl sites for hydroxylation is 1. The highest BCUT2D eigenvalue weighted by atomic mass is 35.5. The van der Waals surface area contributed by atoms with Crippen LogP contribution in [0.3, 0.4) is 0 Å². The normalized spacial score (nSPS) is 18.2. The maximum absolute atomic E-state index is 11.9. The van der Waals surface area contributed by atoms with Gasteiger partial charge >= 0.3 is 0 Å². The first-order valence-electron chi connectivity index (χ1n) is 6.84. The van der Waals surface area contributed by atoms with Gasteiger partial charge in [0.1, 0.15) is 0 Å². The van der Waals surface area contributed by atoms with Crippen LogP contribution in [0.15, 0.2) is 30.3 Å². The highest BCUT2D eigenvalue weighted by Gasteiger charge is 2.27. The third-order valence-corrected chi connectivity index (χ3v) is 3.66. The summed E-state index contributed by atoms with van der Waals surface area (Å²) in [6.45, 7) is 1.37. The molecule has 1 amide bonds. The van der Waals surface area contributed by atoms with Gasteiger partial charge in [-0.3, -0.25) is 4.79 Å². The largest absolute Gasteiger partial charge is 0.340 e. The molecule has 0 spiro atoms. The molecule has 1 saturated heterocycles. The fourth-order valence-corrected chi connectivity index (χ4v) is 2.71. The van der Waals surface area contributed by atoms with Crippen LogP contribution in [0.5, 0.6) is 0 Å². The molecule has 1 aliphatic rings. The molecule has 1 heterocycles. The van der Waals surface area contributed by atoms with Crippen molar-refractivity contribution in [2.75, 3.05) is 13.1 Å². The van der Waals surface area contributed by atoms with Crippen molar-refractivity contribution in [1.82, 2.24) is 4.90 Å². The molecule has 1 unspecified atom stereocenters. The Hall–Kier alpha value is -1.06. The van der Waals surface area contributed by atoms with E-state index in [2.05, 4.69) is 24.3 Å². The molecule has 19 heavy (non-hydrogen) atoms. The van der Waals surface area contributed by atoms with Crippen molar-refractivity contribution in [2.24, 2.45) is 5.73 Å². The van der Waals surface area contributed by atoms with Crippen LogP contribution in [0.25, 0.3) is 0 Å². The highest BCUT2D eigenvalue weighted by molar-refractivity contribution is 5.85. The Morgan fingerprint density at radius 2 is 2.05 bits per heavy atom. The molecule has 1 fully saturated rings. The molecule has 2 rings (SSSR count). The van der Waals surface area contributed by atoms with Gasteiger partial charge in [0.15, 0.2) is 0 Å². The summed E-state index contributed by atoms with van der Waals surface area (Å²) in [5.74, 6) is 0.230. The molecule has 106 valence electrons. The Kier molecular flexibility index (Phi) is 6.89. The standard InChI is InChI=1S/C15H22N2O.ClH/c16-11-10-15(18)17-12-4-7-14(17)9-8-13-5-2-1-3-6-13;/h1-3,5-6,14H,4,7-12,16H2;1H. The minimum Gasteiger partial charge on any atom is -0.340 e. The average Bonchev–Trinajstić information content (AvgIpc) is 2.86. The average molecular weight is 283 g/mol. The van der Waals surface area contributed by atoms with Crippen LogP contribution in [0.2, 0.25) is 0 Å². The van der Waals surface area contributed by atoms with Gasteiger partial charge in [-0.2, -0.15) is 0 Å². The number of carbonyl (C=O) groups is 1. The van der Waals surface area contributed by atoms with Gasteiger partial charge in [-0.05, 0) is 31.2 Å². The summed E-state index contributed by atoms with van der Waals surface area (Å²) in [4.78, 5) is 14.0. The number of hydrogen-bond donors (Lipinski definition) is 1.